The molecule has 0 aliphatic heterocycles. The lowest BCUT2D eigenvalue weighted by Gasteiger charge is -2.23. The second kappa shape index (κ2) is 10.5. The summed E-state index contributed by atoms with van der Waals surface area (Å²) in [7, 11) is 1.59. The molecule has 7 nitrogen and oxygen atoms in total. The summed E-state index contributed by atoms with van der Waals surface area (Å²) in [6.45, 7) is 2.03. The predicted molar refractivity (Wildman–Crippen MR) is 139 cm³/mol. The number of amides is 1. The lowest BCUT2D eigenvalue weighted by Crippen LogP contribution is -2.33. The van der Waals surface area contributed by atoms with Crippen LogP contribution < -0.4 is 14.8 Å². The Labute approximate surface area is 213 Å². The SMILES string of the molecule is COc1ccc(OC(=O)NC(c2c(C)cccc2Sc2ccccc2)c2cnc3cccnn23)cc1. The van der Waals surface area contributed by atoms with Crippen molar-refractivity contribution in [2.75, 3.05) is 7.11 Å². The van der Waals surface area contributed by atoms with Crippen LogP contribution in [0.5, 0.6) is 11.5 Å². The Morgan fingerprint density at radius 3 is 2.50 bits per heavy atom. The summed E-state index contributed by atoms with van der Waals surface area (Å²) >= 11 is 1.64. The molecular formula is C28H24N4O3S. The molecule has 2 heterocycles. The van der Waals surface area contributed by atoms with Gasteiger partial charge in [-0.05, 0) is 72.6 Å². The van der Waals surface area contributed by atoms with Gasteiger partial charge < -0.3 is 14.8 Å². The quantitative estimate of drug-likeness (QED) is 0.294. The van der Waals surface area contributed by atoms with E-state index < -0.39 is 12.1 Å². The van der Waals surface area contributed by atoms with Crippen molar-refractivity contribution in [1.29, 1.82) is 0 Å². The van der Waals surface area contributed by atoms with Gasteiger partial charge in [0, 0.05) is 16.0 Å². The normalized spacial score (nSPS) is 11.7. The zero-order valence-electron chi connectivity index (χ0n) is 19.8. The molecular weight excluding hydrogens is 472 g/mol. The number of imidazole rings is 1. The topological polar surface area (TPSA) is 77.8 Å². The molecule has 8 heteroatoms. The molecule has 1 amide bonds. The molecule has 0 spiro atoms. The fraction of sp³-hybridized carbons (Fsp3) is 0.107. The molecule has 1 N–H and O–H groups in total. The zero-order chi connectivity index (χ0) is 24.9. The van der Waals surface area contributed by atoms with E-state index in [-0.39, 0.29) is 0 Å². The number of hydrogen-bond donors (Lipinski definition) is 1. The Bertz CT molecular complexity index is 1490. The second-order valence-electron chi connectivity index (χ2n) is 8.02. The van der Waals surface area contributed by atoms with Crippen LogP contribution in [0.4, 0.5) is 4.79 Å². The van der Waals surface area contributed by atoms with Crippen LogP contribution in [0, 0.1) is 6.92 Å². The van der Waals surface area contributed by atoms with Gasteiger partial charge >= 0.3 is 6.09 Å². The molecule has 0 saturated heterocycles. The van der Waals surface area contributed by atoms with E-state index in [1.54, 1.807) is 60.0 Å². The number of ether oxygens (including phenoxy) is 2. The van der Waals surface area contributed by atoms with Crippen molar-refractivity contribution in [3.05, 3.63) is 114 Å². The van der Waals surface area contributed by atoms with Gasteiger partial charge in [0.1, 0.15) is 17.5 Å². The Morgan fingerprint density at radius 1 is 0.944 bits per heavy atom. The Morgan fingerprint density at radius 2 is 1.72 bits per heavy atom. The van der Waals surface area contributed by atoms with Crippen LogP contribution in [0.25, 0.3) is 5.65 Å². The number of aromatic nitrogens is 3. The molecule has 0 radical (unpaired) electrons. The molecule has 36 heavy (non-hydrogen) atoms. The van der Waals surface area contributed by atoms with Gasteiger partial charge in [-0.15, -0.1) is 0 Å². The number of aryl methyl sites for hydroxylation is 1. The number of fused-ring (bicyclic) bond motifs is 1. The first kappa shape index (κ1) is 23.4. The third kappa shape index (κ3) is 5.04. The van der Waals surface area contributed by atoms with Crippen molar-refractivity contribution in [3.63, 3.8) is 0 Å². The van der Waals surface area contributed by atoms with Gasteiger partial charge in [0.2, 0.25) is 0 Å². The largest absolute Gasteiger partial charge is 0.497 e. The third-order valence-corrected chi connectivity index (χ3v) is 6.76. The molecule has 0 bridgehead atoms. The average Bonchev–Trinajstić information content (AvgIpc) is 3.33. The lowest BCUT2D eigenvalue weighted by atomic mass is 9.99. The number of methoxy groups -OCH3 is 1. The molecule has 3 aromatic carbocycles. The number of hydrogen-bond acceptors (Lipinski definition) is 6. The molecule has 5 rings (SSSR count). The van der Waals surface area contributed by atoms with Crippen LogP contribution in [0.15, 0.2) is 107 Å². The summed E-state index contributed by atoms with van der Waals surface area (Å²) < 4.78 is 12.5. The fourth-order valence-electron chi connectivity index (χ4n) is 3.96. The van der Waals surface area contributed by atoms with Gasteiger partial charge in [0.25, 0.3) is 0 Å². The van der Waals surface area contributed by atoms with Crippen molar-refractivity contribution < 1.29 is 14.3 Å². The first-order valence-electron chi connectivity index (χ1n) is 11.4. The minimum absolute atomic E-state index is 0.409. The third-order valence-electron chi connectivity index (χ3n) is 5.68. The van der Waals surface area contributed by atoms with Crippen molar-refractivity contribution >= 4 is 23.5 Å². The van der Waals surface area contributed by atoms with Gasteiger partial charge in [0.15, 0.2) is 5.65 Å². The van der Waals surface area contributed by atoms with Crippen molar-refractivity contribution in [2.45, 2.75) is 22.8 Å². The molecule has 1 atom stereocenters. The number of nitrogens with one attached hydrogen (secondary N) is 1. The highest BCUT2D eigenvalue weighted by atomic mass is 32.2. The summed E-state index contributed by atoms with van der Waals surface area (Å²) in [6, 6.07) is 26.2. The molecule has 2 aromatic heterocycles. The van der Waals surface area contributed by atoms with Gasteiger partial charge in [-0.25, -0.2) is 14.3 Å². The highest BCUT2D eigenvalue weighted by molar-refractivity contribution is 7.99. The van der Waals surface area contributed by atoms with E-state index in [1.165, 1.54) is 0 Å². The maximum absolute atomic E-state index is 13.1. The lowest BCUT2D eigenvalue weighted by molar-refractivity contribution is 0.197. The molecule has 180 valence electrons. The van der Waals surface area contributed by atoms with Crippen molar-refractivity contribution in [2.24, 2.45) is 0 Å². The summed E-state index contributed by atoms with van der Waals surface area (Å²) in [5.74, 6) is 1.09. The summed E-state index contributed by atoms with van der Waals surface area (Å²) in [6.07, 6.45) is 2.85. The van der Waals surface area contributed by atoms with E-state index in [4.69, 9.17) is 9.47 Å². The molecule has 0 fully saturated rings. The number of rotatable bonds is 7. The van der Waals surface area contributed by atoms with Crippen LogP contribution in [-0.4, -0.2) is 27.8 Å². The summed E-state index contributed by atoms with van der Waals surface area (Å²) in [4.78, 5) is 19.8. The minimum atomic E-state index is -0.588. The van der Waals surface area contributed by atoms with Gasteiger partial charge in [0.05, 0.1) is 19.0 Å². The maximum Gasteiger partial charge on any atom is 0.413 e. The fourth-order valence-corrected chi connectivity index (χ4v) is 5.05. The standard InChI is InChI=1S/C28H24N4O3S/c1-19-8-6-11-24(36-22-9-4-3-5-10-22)26(19)27(23-18-29-25-12-7-17-30-32(23)25)31-28(33)35-21-15-13-20(34-2)14-16-21/h3-18,27H,1-2H3,(H,31,33). The van der Waals surface area contributed by atoms with Crippen LogP contribution >= 0.6 is 11.8 Å². The highest BCUT2D eigenvalue weighted by Gasteiger charge is 2.26. The molecule has 5 aromatic rings. The van der Waals surface area contributed by atoms with Crippen LogP contribution in [0.1, 0.15) is 22.9 Å². The molecule has 0 aliphatic carbocycles. The second-order valence-corrected chi connectivity index (χ2v) is 9.14. The van der Waals surface area contributed by atoms with Crippen LogP contribution in [-0.2, 0) is 0 Å². The van der Waals surface area contributed by atoms with Crippen molar-refractivity contribution in [1.82, 2.24) is 19.9 Å². The first-order chi connectivity index (χ1) is 17.6. The number of nitrogens with zero attached hydrogens (tertiary/aromatic N) is 3. The van der Waals surface area contributed by atoms with Crippen LogP contribution in [0.2, 0.25) is 0 Å². The van der Waals surface area contributed by atoms with Gasteiger partial charge in [-0.3, -0.25) is 0 Å². The van der Waals surface area contributed by atoms with E-state index >= 15 is 0 Å². The van der Waals surface area contributed by atoms with E-state index in [1.807, 2.05) is 49.4 Å². The number of carbonyl (C=O) groups is 1. The summed E-state index contributed by atoms with van der Waals surface area (Å²) in [5, 5.41) is 7.55. The van der Waals surface area contributed by atoms with E-state index in [0.717, 1.165) is 26.6 Å². The first-order valence-corrected chi connectivity index (χ1v) is 12.2. The molecule has 1 unspecified atom stereocenters. The van der Waals surface area contributed by atoms with E-state index in [9.17, 15) is 4.79 Å². The molecule has 0 saturated carbocycles. The van der Waals surface area contributed by atoms with Crippen LogP contribution in [0.3, 0.4) is 0 Å². The Hall–Kier alpha value is -4.30. The average molecular weight is 497 g/mol. The smallest absolute Gasteiger partial charge is 0.413 e. The van der Waals surface area contributed by atoms with Gasteiger partial charge in [-0.2, -0.15) is 5.10 Å². The maximum atomic E-state index is 13.1. The highest BCUT2D eigenvalue weighted by Crippen LogP contribution is 2.37. The van der Waals surface area contributed by atoms with Crippen molar-refractivity contribution in [3.8, 4) is 11.5 Å². The van der Waals surface area contributed by atoms with E-state index in [2.05, 4.69) is 33.6 Å². The summed E-state index contributed by atoms with van der Waals surface area (Å²) in [5.41, 5.74) is 3.39. The monoisotopic (exact) mass is 496 g/mol. The minimum Gasteiger partial charge on any atom is -0.497 e. The predicted octanol–water partition coefficient (Wildman–Crippen LogP) is 6.08. The zero-order valence-corrected chi connectivity index (χ0v) is 20.6. The number of carbonyl (C=O) groups excluding carboxylic acids is 1. The molecule has 0 aliphatic rings. The number of benzene rings is 3. The Balaban J connectivity index is 1.54. The van der Waals surface area contributed by atoms with E-state index in [0.29, 0.717) is 17.1 Å². The Kier molecular flexibility index (Phi) is 6.86. The van der Waals surface area contributed by atoms with Gasteiger partial charge in [-0.1, -0.05) is 42.1 Å².